The summed E-state index contributed by atoms with van der Waals surface area (Å²) in [5.74, 6) is -1.10. The van der Waals surface area contributed by atoms with Crippen LogP contribution in [0.15, 0.2) is 65.9 Å². The Morgan fingerprint density at radius 3 is 2.56 bits per heavy atom. The molecule has 0 amide bonds. The van der Waals surface area contributed by atoms with Crippen molar-refractivity contribution >= 4 is 6.02 Å². The SMILES string of the molecule is Cc1ccc(-c2cc3c(c(F)n2)Oc2ccc(-c4cccnc4F)cc2[C@@]32COC(N)=N2)cn1. The van der Waals surface area contributed by atoms with Gasteiger partial charge in [0.2, 0.25) is 5.95 Å². The Morgan fingerprint density at radius 2 is 1.82 bits per heavy atom. The van der Waals surface area contributed by atoms with Crippen LogP contribution in [-0.2, 0) is 10.3 Å². The number of pyridine rings is 3. The predicted octanol–water partition coefficient (Wildman–Crippen LogP) is 4.49. The highest BCUT2D eigenvalue weighted by molar-refractivity contribution is 5.78. The van der Waals surface area contributed by atoms with Crippen LogP contribution in [0.3, 0.4) is 0 Å². The van der Waals surface area contributed by atoms with E-state index in [0.29, 0.717) is 39.3 Å². The van der Waals surface area contributed by atoms with Crippen LogP contribution in [0.4, 0.5) is 8.78 Å². The lowest BCUT2D eigenvalue weighted by molar-refractivity contribution is 0.261. The molecule has 34 heavy (non-hydrogen) atoms. The number of aliphatic imine (C=N–C) groups is 1. The van der Waals surface area contributed by atoms with Gasteiger partial charge in [-0.15, -0.1) is 0 Å². The number of hydrogen-bond acceptors (Lipinski definition) is 7. The van der Waals surface area contributed by atoms with Gasteiger partial charge in [-0.25, -0.2) is 15.0 Å². The number of rotatable bonds is 2. The maximum Gasteiger partial charge on any atom is 0.283 e. The van der Waals surface area contributed by atoms with Crippen molar-refractivity contribution in [1.29, 1.82) is 0 Å². The number of hydrogen-bond donors (Lipinski definition) is 1. The van der Waals surface area contributed by atoms with Gasteiger partial charge in [-0.3, -0.25) is 4.98 Å². The van der Waals surface area contributed by atoms with Crippen LogP contribution in [0, 0.1) is 18.8 Å². The Bertz CT molecular complexity index is 1490. The monoisotopic (exact) mass is 457 g/mol. The largest absolute Gasteiger partial charge is 0.462 e. The van der Waals surface area contributed by atoms with Crippen LogP contribution in [0.2, 0.25) is 0 Å². The number of amidine groups is 1. The zero-order valence-electron chi connectivity index (χ0n) is 17.9. The average molecular weight is 457 g/mol. The minimum Gasteiger partial charge on any atom is -0.462 e. The molecule has 4 aromatic rings. The second kappa shape index (κ2) is 7.31. The van der Waals surface area contributed by atoms with Crippen LogP contribution in [0.25, 0.3) is 22.4 Å². The first-order valence-corrected chi connectivity index (χ1v) is 10.5. The molecule has 3 aromatic heterocycles. The summed E-state index contributed by atoms with van der Waals surface area (Å²) in [5, 5.41) is 0. The summed E-state index contributed by atoms with van der Waals surface area (Å²) in [4.78, 5) is 16.7. The fraction of sp³-hybridized carbons (Fsp3) is 0.120. The summed E-state index contributed by atoms with van der Waals surface area (Å²) in [6.07, 6.45) is 3.00. The van der Waals surface area contributed by atoms with Crippen molar-refractivity contribution < 1.29 is 18.3 Å². The number of nitrogens with zero attached hydrogens (tertiary/aromatic N) is 4. The summed E-state index contributed by atoms with van der Waals surface area (Å²) >= 11 is 0. The first-order chi connectivity index (χ1) is 16.4. The van der Waals surface area contributed by atoms with Gasteiger partial charge in [0.05, 0.1) is 5.69 Å². The van der Waals surface area contributed by atoms with Gasteiger partial charge in [-0.2, -0.15) is 8.78 Å². The number of aromatic nitrogens is 3. The molecule has 0 unspecified atom stereocenters. The standard InChI is InChI=1S/C25H17F2N5O2/c1-13-4-5-15(11-30-13)19-10-18-21(23(27)31-19)34-20-7-6-14(16-3-2-8-29-22(16)26)9-17(20)25(18)12-33-24(28)32-25/h2-11H,12H2,1H3,(H2,28,32)/t25-/m0/s1. The normalized spacial score (nSPS) is 18.0. The van der Waals surface area contributed by atoms with E-state index < -0.39 is 17.4 Å². The lowest BCUT2D eigenvalue weighted by Crippen LogP contribution is -2.32. The molecule has 0 radical (unpaired) electrons. The summed E-state index contributed by atoms with van der Waals surface area (Å²) < 4.78 is 41.2. The fourth-order valence-electron chi connectivity index (χ4n) is 4.35. The zero-order valence-corrected chi connectivity index (χ0v) is 17.9. The van der Waals surface area contributed by atoms with E-state index in [2.05, 4.69) is 19.9 Å². The number of benzene rings is 1. The number of ether oxygens (including phenoxy) is 2. The molecule has 0 bridgehead atoms. The van der Waals surface area contributed by atoms with Gasteiger partial charge in [0, 0.05) is 40.3 Å². The predicted molar refractivity (Wildman–Crippen MR) is 120 cm³/mol. The van der Waals surface area contributed by atoms with Gasteiger partial charge in [-0.05, 0) is 55.0 Å². The molecule has 7 nitrogen and oxygen atoms in total. The molecule has 1 aromatic carbocycles. The fourth-order valence-corrected chi connectivity index (χ4v) is 4.35. The van der Waals surface area contributed by atoms with E-state index in [-0.39, 0.29) is 18.4 Å². The molecule has 2 aliphatic heterocycles. The second-order valence-electron chi connectivity index (χ2n) is 8.12. The molecule has 0 saturated carbocycles. The molecule has 2 aliphatic rings. The smallest absolute Gasteiger partial charge is 0.283 e. The van der Waals surface area contributed by atoms with Crippen LogP contribution >= 0.6 is 0 Å². The van der Waals surface area contributed by atoms with Gasteiger partial charge >= 0.3 is 0 Å². The summed E-state index contributed by atoms with van der Waals surface area (Å²) in [5.41, 5.74) is 8.42. The molecular weight excluding hydrogens is 440 g/mol. The first kappa shape index (κ1) is 20.2. The molecule has 0 aliphatic carbocycles. The quantitative estimate of drug-likeness (QED) is 0.446. The summed E-state index contributed by atoms with van der Waals surface area (Å²) in [6, 6.07) is 13.6. The molecule has 2 N–H and O–H groups in total. The second-order valence-corrected chi connectivity index (χ2v) is 8.12. The van der Waals surface area contributed by atoms with E-state index >= 15 is 4.39 Å². The Labute approximate surface area is 193 Å². The Balaban J connectivity index is 1.58. The third-order valence-electron chi connectivity index (χ3n) is 6.02. The summed E-state index contributed by atoms with van der Waals surface area (Å²) in [7, 11) is 0. The maximum atomic E-state index is 15.3. The van der Waals surface area contributed by atoms with Crippen molar-refractivity contribution in [3.63, 3.8) is 0 Å². The van der Waals surface area contributed by atoms with Crippen molar-refractivity contribution in [1.82, 2.24) is 15.0 Å². The van der Waals surface area contributed by atoms with Crippen molar-refractivity contribution in [3.8, 4) is 33.9 Å². The lowest BCUT2D eigenvalue weighted by atomic mass is 9.80. The Kier molecular flexibility index (Phi) is 4.35. The van der Waals surface area contributed by atoms with Gasteiger partial charge in [0.25, 0.3) is 12.0 Å². The van der Waals surface area contributed by atoms with E-state index in [4.69, 9.17) is 15.2 Å². The molecule has 168 valence electrons. The van der Waals surface area contributed by atoms with Gasteiger partial charge in [-0.1, -0.05) is 6.07 Å². The van der Waals surface area contributed by atoms with Crippen LogP contribution in [0.1, 0.15) is 16.8 Å². The Hall–Kier alpha value is -4.40. The van der Waals surface area contributed by atoms with Crippen molar-refractivity contribution in [2.24, 2.45) is 10.7 Å². The highest BCUT2D eigenvalue weighted by Gasteiger charge is 2.48. The summed E-state index contributed by atoms with van der Waals surface area (Å²) in [6.45, 7) is 1.89. The molecule has 0 fully saturated rings. The third-order valence-corrected chi connectivity index (χ3v) is 6.02. The molecule has 1 atom stereocenters. The van der Waals surface area contributed by atoms with Crippen molar-refractivity contribution in [2.75, 3.05) is 6.61 Å². The maximum absolute atomic E-state index is 15.3. The van der Waals surface area contributed by atoms with E-state index in [1.807, 2.05) is 19.1 Å². The van der Waals surface area contributed by atoms with E-state index in [0.717, 1.165) is 5.69 Å². The first-order valence-electron chi connectivity index (χ1n) is 10.5. The van der Waals surface area contributed by atoms with Crippen molar-refractivity contribution in [2.45, 2.75) is 12.5 Å². The molecule has 0 saturated heterocycles. The average Bonchev–Trinajstić information content (AvgIpc) is 3.23. The van der Waals surface area contributed by atoms with E-state index in [1.54, 1.807) is 42.6 Å². The molecule has 6 rings (SSSR count). The molecular formula is C25H17F2N5O2. The van der Waals surface area contributed by atoms with Crippen LogP contribution in [-0.4, -0.2) is 27.6 Å². The van der Waals surface area contributed by atoms with Gasteiger partial charge in [0.15, 0.2) is 11.3 Å². The highest BCUT2D eigenvalue weighted by Crippen LogP contribution is 2.52. The van der Waals surface area contributed by atoms with Gasteiger partial charge < -0.3 is 15.2 Å². The Morgan fingerprint density at radius 1 is 0.971 bits per heavy atom. The van der Waals surface area contributed by atoms with Crippen LogP contribution < -0.4 is 10.5 Å². The number of fused-ring (bicyclic) bond motifs is 4. The van der Waals surface area contributed by atoms with Crippen molar-refractivity contribution in [3.05, 3.63) is 89.6 Å². The minimum absolute atomic E-state index is 0.0240. The van der Waals surface area contributed by atoms with E-state index in [1.165, 1.54) is 6.20 Å². The van der Waals surface area contributed by atoms with Gasteiger partial charge in [0.1, 0.15) is 12.4 Å². The molecule has 9 heteroatoms. The lowest BCUT2D eigenvalue weighted by Gasteiger charge is -2.33. The minimum atomic E-state index is -1.20. The number of aryl methyl sites for hydroxylation is 1. The molecule has 1 spiro atoms. The third kappa shape index (κ3) is 3.01. The highest BCUT2D eigenvalue weighted by atomic mass is 19.1. The number of halogens is 2. The molecule has 5 heterocycles. The zero-order chi connectivity index (χ0) is 23.4. The van der Waals surface area contributed by atoms with E-state index in [9.17, 15) is 4.39 Å². The topological polar surface area (TPSA) is 95.5 Å². The number of nitrogens with two attached hydrogens (primary N) is 1. The van der Waals surface area contributed by atoms with Crippen LogP contribution in [0.5, 0.6) is 11.5 Å².